The second kappa shape index (κ2) is 5.89. The van der Waals surface area contributed by atoms with Crippen LogP contribution < -0.4 is 0 Å². The smallest absolute Gasteiger partial charge is 0.306 e. The number of aliphatic carboxylic acids is 1. The molecule has 108 valence electrons. The summed E-state index contributed by atoms with van der Waals surface area (Å²) in [6.45, 7) is 3.65. The molecule has 0 saturated heterocycles. The predicted octanol–water partition coefficient (Wildman–Crippen LogP) is 2.61. The first kappa shape index (κ1) is 14.9. The van der Waals surface area contributed by atoms with Crippen molar-refractivity contribution in [1.29, 1.82) is 0 Å². The van der Waals surface area contributed by atoms with Crippen LogP contribution in [0.15, 0.2) is 29.2 Å². The lowest BCUT2D eigenvalue weighted by Gasteiger charge is -2.24. The van der Waals surface area contributed by atoms with E-state index in [4.69, 9.17) is 5.11 Å². The molecule has 0 fully saturated rings. The van der Waals surface area contributed by atoms with E-state index < -0.39 is 17.0 Å². The molecule has 0 heterocycles. The van der Waals surface area contributed by atoms with Crippen LogP contribution in [-0.4, -0.2) is 19.8 Å². The molecule has 1 N–H and O–H groups in total. The normalized spacial score (nSPS) is 20.8. The van der Waals surface area contributed by atoms with Gasteiger partial charge in [0, 0.05) is 4.90 Å². The number of hydrogen-bond acceptors (Lipinski definition) is 3. The van der Waals surface area contributed by atoms with E-state index in [-0.39, 0.29) is 16.7 Å². The van der Waals surface area contributed by atoms with Crippen LogP contribution in [0, 0.1) is 11.8 Å². The van der Waals surface area contributed by atoms with Gasteiger partial charge in [0.25, 0.3) is 0 Å². The third-order valence-electron chi connectivity index (χ3n) is 3.74. The number of carboxylic acid groups (broad SMARTS) is 1. The molecule has 4 nitrogen and oxygen atoms in total. The SMILES string of the molecule is CC1=CC(CC(C)C(=O)O)Cc2ccc(S(=O)[O-])cc21. The lowest BCUT2D eigenvalue weighted by atomic mass is 9.81. The van der Waals surface area contributed by atoms with Crippen LogP contribution in [0.4, 0.5) is 0 Å². The molecular weight excluding hydrogens is 276 g/mol. The van der Waals surface area contributed by atoms with Gasteiger partial charge >= 0.3 is 5.97 Å². The van der Waals surface area contributed by atoms with Gasteiger partial charge in [0.15, 0.2) is 0 Å². The fraction of sp³-hybridized carbons (Fsp3) is 0.400. The van der Waals surface area contributed by atoms with E-state index in [0.717, 1.165) is 23.1 Å². The summed E-state index contributed by atoms with van der Waals surface area (Å²) in [7, 11) is 0. The van der Waals surface area contributed by atoms with Gasteiger partial charge in [0.05, 0.1) is 5.92 Å². The molecule has 1 aliphatic carbocycles. The van der Waals surface area contributed by atoms with Crippen molar-refractivity contribution in [2.75, 3.05) is 0 Å². The van der Waals surface area contributed by atoms with E-state index in [9.17, 15) is 13.6 Å². The molecule has 20 heavy (non-hydrogen) atoms. The first-order valence-corrected chi connectivity index (χ1v) is 7.59. The molecule has 0 aliphatic heterocycles. The lowest BCUT2D eigenvalue weighted by Crippen LogP contribution is -2.17. The number of fused-ring (bicyclic) bond motifs is 1. The Hall–Kier alpha value is -1.46. The van der Waals surface area contributed by atoms with Crippen LogP contribution in [0.5, 0.6) is 0 Å². The Morgan fingerprint density at radius 1 is 1.55 bits per heavy atom. The van der Waals surface area contributed by atoms with Crippen molar-refractivity contribution in [3.63, 3.8) is 0 Å². The highest BCUT2D eigenvalue weighted by Gasteiger charge is 2.22. The van der Waals surface area contributed by atoms with Crippen LogP contribution in [0.1, 0.15) is 31.4 Å². The van der Waals surface area contributed by atoms with Crippen LogP contribution in [0.3, 0.4) is 0 Å². The Labute approximate surface area is 120 Å². The fourth-order valence-electron chi connectivity index (χ4n) is 2.70. The van der Waals surface area contributed by atoms with Gasteiger partial charge in [-0.15, -0.1) is 0 Å². The van der Waals surface area contributed by atoms with Crippen molar-refractivity contribution < 1.29 is 18.7 Å². The molecule has 1 aliphatic rings. The topological polar surface area (TPSA) is 77.4 Å². The van der Waals surface area contributed by atoms with Crippen molar-refractivity contribution in [1.82, 2.24) is 0 Å². The minimum atomic E-state index is -2.22. The molecule has 0 radical (unpaired) electrons. The zero-order chi connectivity index (χ0) is 14.9. The largest absolute Gasteiger partial charge is 0.768 e. The first-order chi connectivity index (χ1) is 9.38. The number of rotatable bonds is 4. The highest BCUT2D eigenvalue weighted by atomic mass is 32.2. The van der Waals surface area contributed by atoms with Gasteiger partial charge < -0.3 is 9.66 Å². The third-order valence-corrected chi connectivity index (χ3v) is 4.38. The minimum Gasteiger partial charge on any atom is -0.768 e. The van der Waals surface area contributed by atoms with Gasteiger partial charge in [-0.25, -0.2) is 0 Å². The van der Waals surface area contributed by atoms with Gasteiger partial charge in [0.2, 0.25) is 0 Å². The van der Waals surface area contributed by atoms with Crippen LogP contribution in [-0.2, 0) is 22.3 Å². The van der Waals surface area contributed by atoms with E-state index in [0.29, 0.717) is 6.42 Å². The quantitative estimate of drug-likeness (QED) is 0.866. The molecule has 0 aromatic heterocycles. The van der Waals surface area contributed by atoms with Crippen molar-refractivity contribution in [3.8, 4) is 0 Å². The number of carboxylic acids is 1. The van der Waals surface area contributed by atoms with Gasteiger partial charge in [-0.05, 0) is 65.6 Å². The molecule has 1 aromatic rings. The summed E-state index contributed by atoms with van der Waals surface area (Å²) in [5.74, 6) is -0.963. The molecule has 5 heteroatoms. The van der Waals surface area contributed by atoms with Crippen molar-refractivity contribution in [2.24, 2.45) is 11.8 Å². The van der Waals surface area contributed by atoms with E-state index in [2.05, 4.69) is 6.08 Å². The average molecular weight is 293 g/mol. The maximum atomic E-state index is 11.0. The van der Waals surface area contributed by atoms with Gasteiger partial charge in [-0.2, -0.15) is 0 Å². The van der Waals surface area contributed by atoms with E-state index >= 15 is 0 Å². The Morgan fingerprint density at radius 3 is 2.85 bits per heavy atom. The lowest BCUT2D eigenvalue weighted by molar-refractivity contribution is -0.141. The summed E-state index contributed by atoms with van der Waals surface area (Å²) in [4.78, 5) is 11.2. The van der Waals surface area contributed by atoms with Crippen LogP contribution in [0.25, 0.3) is 5.57 Å². The Balaban J connectivity index is 2.25. The summed E-state index contributed by atoms with van der Waals surface area (Å²) in [6, 6.07) is 5.11. The molecule has 0 bridgehead atoms. The molecule has 0 amide bonds. The molecule has 1 aromatic carbocycles. The predicted molar refractivity (Wildman–Crippen MR) is 75.9 cm³/mol. The summed E-state index contributed by atoms with van der Waals surface area (Å²) >= 11 is -2.22. The van der Waals surface area contributed by atoms with Gasteiger partial charge in [-0.1, -0.05) is 19.1 Å². The number of carbonyl (C=O) groups is 1. The Bertz CT molecular complexity index is 592. The monoisotopic (exact) mass is 293 g/mol. The van der Waals surface area contributed by atoms with Crippen LogP contribution >= 0.6 is 0 Å². The zero-order valence-electron chi connectivity index (χ0n) is 11.5. The second-order valence-corrected chi connectivity index (χ2v) is 6.28. The maximum Gasteiger partial charge on any atom is 0.306 e. The standard InChI is InChI=1S/C15H18O4S/c1-9-5-11(6-10(2)15(16)17)7-12-3-4-13(20(18)19)8-14(9)12/h3-5,8,10-11H,6-7H2,1-2H3,(H,16,17)(H,18,19)/p-1. The fourth-order valence-corrected chi connectivity index (χ4v) is 3.09. The van der Waals surface area contributed by atoms with Crippen molar-refractivity contribution in [2.45, 2.75) is 31.6 Å². The maximum absolute atomic E-state index is 11.0. The number of benzene rings is 1. The van der Waals surface area contributed by atoms with Crippen molar-refractivity contribution in [3.05, 3.63) is 35.4 Å². The zero-order valence-corrected chi connectivity index (χ0v) is 12.3. The highest BCUT2D eigenvalue weighted by Crippen LogP contribution is 2.33. The second-order valence-electron chi connectivity index (χ2n) is 5.34. The summed E-state index contributed by atoms with van der Waals surface area (Å²) < 4.78 is 22.0. The van der Waals surface area contributed by atoms with Gasteiger partial charge in [0.1, 0.15) is 0 Å². The van der Waals surface area contributed by atoms with E-state index in [1.54, 1.807) is 19.1 Å². The molecular formula is C15H17O4S-. The molecule has 3 atom stereocenters. The van der Waals surface area contributed by atoms with Crippen molar-refractivity contribution >= 4 is 22.6 Å². The third kappa shape index (κ3) is 3.16. The molecule has 0 saturated carbocycles. The van der Waals surface area contributed by atoms with E-state index in [1.165, 1.54) is 0 Å². The summed E-state index contributed by atoms with van der Waals surface area (Å²) in [5, 5.41) is 8.98. The number of allylic oxidation sites excluding steroid dienone is 2. The Kier molecular flexibility index (Phi) is 4.40. The first-order valence-electron chi connectivity index (χ1n) is 6.52. The van der Waals surface area contributed by atoms with E-state index in [1.807, 2.05) is 13.0 Å². The highest BCUT2D eigenvalue weighted by molar-refractivity contribution is 7.79. The Morgan fingerprint density at radius 2 is 2.25 bits per heavy atom. The number of hydrogen-bond donors (Lipinski definition) is 1. The van der Waals surface area contributed by atoms with Crippen LogP contribution in [0.2, 0.25) is 0 Å². The summed E-state index contributed by atoms with van der Waals surface area (Å²) in [6.07, 6.45) is 3.41. The average Bonchev–Trinajstić information content (AvgIpc) is 2.38. The molecule has 3 unspecified atom stereocenters. The minimum absolute atomic E-state index is 0.192. The molecule has 2 rings (SSSR count). The summed E-state index contributed by atoms with van der Waals surface area (Å²) in [5.41, 5.74) is 3.05. The van der Waals surface area contributed by atoms with Gasteiger partial charge in [-0.3, -0.25) is 9.00 Å². The molecule has 0 spiro atoms.